The van der Waals surface area contributed by atoms with Crippen LogP contribution in [0, 0.1) is 12.8 Å². The van der Waals surface area contributed by atoms with Crippen molar-refractivity contribution < 1.29 is 22.7 Å². The number of aryl methyl sites for hydroxylation is 1. The van der Waals surface area contributed by atoms with E-state index in [9.17, 15) is 13.2 Å². The number of sulfone groups is 1. The predicted molar refractivity (Wildman–Crippen MR) is 82.3 cm³/mol. The molecule has 7 heteroatoms. The molecule has 120 valence electrons. The Labute approximate surface area is 129 Å². The zero-order chi connectivity index (χ0) is 16.1. The summed E-state index contributed by atoms with van der Waals surface area (Å²) < 4.78 is 34.3. The molecule has 1 aromatic carbocycles. The van der Waals surface area contributed by atoms with Crippen LogP contribution in [0.2, 0.25) is 0 Å². The summed E-state index contributed by atoms with van der Waals surface area (Å²) in [6.45, 7) is 1.88. The molecule has 2 unspecified atom stereocenters. The van der Waals surface area contributed by atoms with E-state index >= 15 is 0 Å². The summed E-state index contributed by atoms with van der Waals surface area (Å²) in [6.07, 6.45) is 0.289. The van der Waals surface area contributed by atoms with Crippen molar-refractivity contribution in [2.24, 2.45) is 5.92 Å². The lowest BCUT2D eigenvalue weighted by atomic mass is 10.0. The van der Waals surface area contributed by atoms with E-state index < -0.39 is 9.84 Å². The first kappa shape index (κ1) is 15.1. The zero-order valence-corrected chi connectivity index (χ0v) is 13.6. The van der Waals surface area contributed by atoms with Gasteiger partial charge in [0.05, 0.1) is 37.5 Å². The van der Waals surface area contributed by atoms with E-state index in [4.69, 9.17) is 9.47 Å². The molecule has 0 radical (unpaired) electrons. The van der Waals surface area contributed by atoms with Crippen LogP contribution in [-0.4, -0.2) is 46.1 Å². The van der Waals surface area contributed by atoms with E-state index in [1.165, 1.54) is 7.11 Å². The van der Waals surface area contributed by atoms with Crippen LogP contribution >= 0.6 is 0 Å². The van der Waals surface area contributed by atoms with Crippen LogP contribution < -0.4 is 14.4 Å². The van der Waals surface area contributed by atoms with Crippen molar-refractivity contribution in [2.75, 3.05) is 30.6 Å². The number of methoxy groups -OCH3 is 2. The molecule has 6 nitrogen and oxygen atoms in total. The monoisotopic (exact) mass is 325 g/mol. The molecule has 2 aliphatic heterocycles. The molecule has 2 heterocycles. The molecule has 0 N–H and O–H groups in total. The van der Waals surface area contributed by atoms with E-state index in [1.807, 2.05) is 6.92 Å². The van der Waals surface area contributed by atoms with Crippen LogP contribution in [0.4, 0.5) is 5.69 Å². The number of rotatable bonds is 3. The lowest BCUT2D eigenvalue weighted by molar-refractivity contribution is -0.117. The SMILES string of the molecule is COc1cc(C)c(N2C(=O)CC3CS(=O)(=O)CC32)cc1OC. The highest BCUT2D eigenvalue weighted by Gasteiger charge is 2.49. The van der Waals surface area contributed by atoms with Crippen LogP contribution in [0.5, 0.6) is 11.5 Å². The highest BCUT2D eigenvalue weighted by atomic mass is 32.2. The van der Waals surface area contributed by atoms with E-state index in [1.54, 1.807) is 24.1 Å². The van der Waals surface area contributed by atoms with Gasteiger partial charge in [-0.15, -0.1) is 0 Å². The molecule has 1 amide bonds. The minimum Gasteiger partial charge on any atom is -0.493 e. The standard InChI is InChI=1S/C15H19NO5S/c1-9-4-13(20-2)14(21-3)6-11(9)16-12-8-22(18,19)7-10(12)5-15(16)17/h4,6,10,12H,5,7-8H2,1-3H3. The van der Waals surface area contributed by atoms with Crippen molar-refractivity contribution in [3.63, 3.8) is 0 Å². The van der Waals surface area contributed by atoms with Gasteiger partial charge in [-0.1, -0.05) is 0 Å². The topological polar surface area (TPSA) is 72.9 Å². The average Bonchev–Trinajstić information content (AvgIpc) is 2.89. The fourth-order valence-electron chi connectivity index (χ4n) is 3.43. The van der Waals surface area contributed by atoms with Crippen LogP contribution in [0.25, 0.3) is 0 Å². The van der Waals surface area contributed by atoms with Crippen molar-refractivity contribution in [3.8, 4) is 11.5 Å². The van der Waals surface area contributed by atoms with Crippen molar-refractivity contribution >= 4 is 21.4 Å². The number of anilines is 1. The number of hydrogen-bond acceptors (Lipinski definition) is 5. The van der Waals surface area contributed by atoms with Crippen LogP contribution in [-0.2, 0) is 14.6 Å². The molecule has 2 fully saturated rings. The normalized spacial score (nSPS) is 26.1. The van der Waals surface area contributed by atoms with Crippen LogP contribution in [0.1, 0.15) is 12.0 Å². The van der Waals surface area contributed by atoms with Crippen molar-refractivity contribution in [3.05, 3.63) is 17.7 Å². The van der Waals surface area contributed by atoms with Gasteiger partial charge in [0, 0.05) is 18.4 Å². The highest BCUT2D eigenvalue weighted by molar-refractivity contribution is 7.91. The maximum atomic E-state index is 12.4. The fraction of sp³-hybridized carbons (Fsp3) is 0.533. The third-order valence-electron chi connectivity index (χ3n) is 4.44. The van der Waals surface area contributed by atoms with Gasteiger partial charge in [0.1, 0.15) is 0 Å². The molecule has 0 aromatic heterocycles. The molecule has 0 bridgehead atoms. The summed E-state index contributed by atoms with van der Waals surface area (Å²) in [7, 11) is 0.0254. The van der Waals surface area contributed by atoms with Gasteiger partial charge in [-0.25, -0.2) is 8.42 Å². The lowest BCUT2D eigenvalue weighted by Crippen LogP contribution is -2.36. The molecule has 2 atom stereocenters. The Hall–Kier alpha value is -1.76. The van der Waals surface area contributed by atoms with Crippen molar-refractivity contribution in [2.45, 2.75) is 19.4 Å². The lowest BCUT2D eigenvalue weighted by Gasteiger charge is -2.26. The summed E-state index contributed by atoms with van der Waals surface area (Å²) in [6, 6.07) is 3.28. The Morgan fingerprint density at radius 1 is 1.14 bits per heavy atom. The number of ether oxygens (including phenoxy) is 2. The molecule has 22 heavy (non-hydrogen) atoms. The minimum absolute atomic E-state index is 0.0276. The molecule has 0 saturated carbocycles. The summed E-state index contributed by atoms with van der Waals surface area (Å²) in [5.41, 5.74) is 1.56. The number of nitrogens with zero attached hydrogens (tertiary/aromatic N) is 1. The largest absolute Gasteiger partial charge is 0.493 e. The number of hydrogen-bond donors (Lipinski definition) is 0. The Morgan fingerprint density at radius 3 is 2.41 bits per heavy atom. The van der Waals surface area contributed by atoms with Crippen molar-refractivity contribution in [1.82, 2.24) is 0 Å². The number of fused-ring (bicyclic) bond motifs is 1. The first-order valence-electron chi connectivity index (χ1n) is 7.11. The molecular formula is C15H19NO5S. The quantitative estimate of drug-likeness (QED) is 0.834. The Kier molecular flexibility index (Phi) is 3.55. The zero-order valence-electron chi connectivity index (χ0n) is 12.8. The fourth-order valence-corrected chi connectivity index (χ4v) is 5.50. The average molecular weight is 325 g/mol. The van der Waals surface area contributed by atoms with Crippen LogP contribution in [0.3, 0.4) is 0 Å². The summed E-state index contributed by atoms with van der Waals surface area (Å²) in [4.78, 5) is 14.0. The predicted octanol–water partition coefficient (Wildman–Crippen LogP) is 1.16. The van der Waals surface area contributed by atoms with Gasteiger partial charge >= 0.3 is 0 Å². The molecule has 1 aromatic rings. The molecule has 2 saturated heterocycles. The highest BCUT2D eigenvalue weighted by Crippen LogP contribution is 2.41. The van der Waals surface area contributed by atoms with Gasteiger partial charge in [0.25, 0.3) is 0 Å². The molecule has 0 aliphatic carbocycles. The molecule has 0 spiro atoms. The number of amides is 1. The minimum atomic E-state index is -3.06. The second-order valence-electron chi connectivity index (χ2n) is 5.87. The van der Waals surface area contributed by atoms with E-state index in [0.717, 1.165) is 5.56 Å². The maximum Gasteiger partial charge on any atom is 0.227 e. The first-order chi connectivity index (χ1) is 10.4. The first-order valence-corrected chi connectivity index (χ1v) is 8.93. The Balaban J connectivity index is 2.05. The van der Waals surface area contributed by atoms with Gasteiger partial charge in [-0.2, -0.15) is 0 Å². The third kappa shape index (κ3) is 2.33. The maximum absolute atomic E-state index is 12.4. The molecule has 2 aliphatic rings. The summed E-state index contributed by atoms with van der Waals surface area (Å²) >= 11 is 0. The summed E-state index contributed by atoms with van der Waals surface area (Å²) in [5, 5.41) is 0. The van der Waals surface area contributed by atoms with Crippen molar-refractivity contribution in [1.29, 1.82) is 0 Å². The third-order valence-corrected chi connectivity index (χ3v) is 6.22. The van der Waals surface area contributed by atoms with E-state index in [0.29, 0.717) is 17.2 Å². The number of carbonyl (C=O) groups is 1. The van der Waals surface area contributed by atoms with Gasteiger partial charge in [0.15, 0.2) is 21.3 Å². The molecule has 3 rings (SSSR count). The van der Waals surface area contributed by atoms with Gasteiger partial charge < -0.3 is 14.4 Å². The second-order valence-corrected chi connectivity index (χ2v) is 8.02. The second kappa shape index (κ2) is 5.15. The van der Waals surface area contributed by atoms with Crippen LogP contribution in [0.15, 0.2) is 12.1 Å². The smallest absolute Gasteiger partial charge is 0.227 e. The van der Waals surface area contributed by atoms with E-state index in [2.05, 4.69) is 0 Å². The van der Waals surface area contributed by atoms with Gasteiger partial charge in [-0.05, 0) is 18.6 Å². The number of carbonyl (C=O) groups excluding carboxylic acids is 1. The Morgan fingerprint density at radius 2 is 1.77 bits per heavy atom. The number of benzene rings is 1. The molecular weight excluding hydrogens is 306 g/mol. The van der Waals surface area contributed by atoms with Gasteiger partial charge in [0.2, 0.25) is 5.91 Å². The summed E-state index contributed by atoms with van der Waals surface area (Å²) in [5.74, 6) is 1.13. The Bertz CT molecular complexity index is 728. The van der Waals surface area contributed by atoms with E-state index in [-0.39, 0.29) is 35.8 Å². The van der Waals surface area contributed by atoms with Gasteiger partial charge in [-0.3, -0.25) is 4.79 Å².